The number of hydrogen-bond donors (Lipinski definition) is 2. The number of halogens is 14. The molecule has 0 saturated carbocycles. The fraction of sp³-hybridized carbons (Fsp3) is 0.178. The summed E-state index contributed by atoms with van der Waals surface area (Å²) >= 11 is 6.57. The van der Waals surface area contributed by atoms with Crippen molar-refractivity contribution in [1.29, 1.82) is 0 Å². The van der Waals surface area contributed by atoms with Gasteiger partial charge in [-0.05, 0) is 119 Å². The Bertz CT molecular complexity index is 2470. The largest absolute Gasteiger partial charge is 0.573 e. The van der Waals surface area contributed by atoms with Gasteiger partial charge in [0.05, 0.1) is 5.54 Å². The number of ether oxygens (including phenoxy) is 4. The Morgan fingerprint density at radius 1 is 0.439 bits per heavy atom. The van der Waals surface area contributed by atoms with Crippen molar-refractivity contribution in [1.82, 2.24) is 0 Å². The number of rotatable bonds is 13. The first-order valence-corrected chi connectivity index (χ1v) is 20.2. The lowest BCUT2D eigenvalue weighted by Gasteiger charge is -2.32. The molecular formula is C45H31Br2F12NO6. The summed E-state index contributed by atoms with van der Waals surface area (Å²) in [6.07, 6.45) is -20.1. The molecule has 0 atom stereocenters. The first kappa shape index (κ1) is 51.1. The van der Waals surface area contributed by atoms with Gasteiger partial charge in [0.15, 0.2) is 0 Å². The molecule has 0 aromatic heterocycles. The Balaban J connectivity index is 0.000000248. The van der Waals surface area contributed by atoms with Gasteiger partial charge in [-0.1, -0.05) is 105 Å². The average Bonchev–Trinajstić information content (AvgIpc) is 3.19. The number of alkyl halides is 12. The number of carboxylic acid groups (broad SMARTS) is 1. The molecule has 21 heteroatoms. The second kappa shape index (κ2) is 20.3. The van der Waals surface area contributed by atoms with Crippen molar-refractivity contribution in [3.63, 3.8) is 0 Å². The molecule has 6 aromatic rings. The van der Waals surface area contributed by atoms with E-state index in [2.05, 4.69) is 50.8 Å². The molecular weight excluding hydrogens is 1040 g/mol. The van der Waals surface area contributed by atoms with E-state index in [9.17, 15) is 62.6 Å². The molecule has 7 nitrogen and oxygen atoms in total. The highest BCUT2D eigenvalue weighted by Crippen LogP contribution is 2.41. The maximum absolute atomic E-state index is 12.8. The summed E-state index contributed by atoms with van der Waals surface area (Å²) in [5.74, 6) is -3.83. The molecule has 0 bridgehead atoms. The van der Waals surface area contributed by atoms with Crippen LogP contribution in [-0.2, 0) is 28.6 Å². The molecule has 6 rings (SSSR count). The van der Waals surface area contributed by atoms with Crippen molar-refractivity contribution in [2.24, 2.45) is 5.73 Å². The molecule has 0 aliphatic carbocycles. The SMILES string of the molecule is NC(Cc1ccc(Br)cc1)(c1cccc(OC(F)(F)F)c1)c1cccc(OC(F)(F)F)c1.O=C(O)C(Cc1ccc(Br)cc1)(c1cccc(OC(F)(F)F)c1)c1cccc(OC(F)(F)F)c1. The predicted octanol–water partition coefficient (Wildman–Crippen LogP) is 13.6. The molecule has 0 radical (unpaired) electrons. The quantitative estimate of drug-likeness (QED) is 0.111. The third kappa shape index (κ3) is 14.5. The number of nitrogens with two attached hydrogens (primary N) is 1. The number of aliphatic carboxylic acids is 1. The average molecular weight is 1070 g/mol. The fourth-order valence-corrected chi connectivity index (χ4v) is 7.28. The third-order valence-corrected chi connectivity index (χ3v) is 10.5. The van der Waals surface area contributed by atoms with Gasteiger partial charge in [0.2, 0.25) is 0 Å². The molecule has 350 valence electrons. The number of carboxylic acids is 1. The smallest absolute Gasteiger partial charge is 0.480 e. The van der Waals surface area contributed by atoms with Crippen LogP contribution in [0.1, 0.15) is 33.4 Å². The molecule has 6 aromatic carbocycles. The summed E-state index contributed by atoms with van der Waals surface area (Å²) in [6.45, 7) is 0. The first-order chi connectivity index (χ1) is 30.6. The molecule has 0 unspecified atom stereocenters. The summed E-state index contributed by atoms with van der Waals surface area (Å²) in [4.78, 5) is 12.8. The number of carbonyl (C=O) groups is 1. The van der Waals surface area contributed by atoms with Crippen LogP contribution >= 0.6 is 31.9 Å². The molecule has 0 spiro atoms. The van der Waals surface area contributed by atoms with Crippen LogP contribution in [-0.4, -0.2) is 36.5 Å². The van der Waals surface area contributed by atoms with Crippen molar-refractivity contribution < 1.29 is 81.5 Å². The fourth-order valence-electron chi connectivity index (χ4n) is 6.76. The van der Waals surface area contributed by atoms with Gasteiger partial charge >= 0.3 is 31.4 Å². The number of benzene rings is 6. The maximum Gasteiger partial charge on any atom is 0.573 e. The van der Waals surface area contributed by atoms with Crippen LogP contribution < -0.4 is 24.7 Å². The van der Waals surface area contributed by atoms with Crippen LogP contribution in [0.25, 0.3) is 0 Å². The topological polar surface area (TPSA) is 100 Å². The van der Waals surface area contributed by atoms with E-state index in [-0.39, 0.29) is 35.1 Å². The van der Waals surface area contributed by atoms with Crippen molar-refractivity contribution in [3.8, 4) is 23.0 Å². The third-order valence-electron chi connectivity index (χ3n) is 9.43. The van der Waals surface area contributed by atoms with Crippen molar-refractivity contribution in [2.75, 3.05) is 0 Å². The zero-order valence-corrected chi connectivity index (χ0v) is 36.3. The van der Waals surface area contributed by atoms with E-state index in [0.717, 1.165) is 53.0 Å². The molecule has 0 fully saturated rings. The Morgan fingerprint density at radius 2 is 0.712 bits per heavy atom. The van der Waals surface area contributed by atoms with Gasteiger partial charge in [0.1, 0.15) is 28.4 Å². The van der Waals surface area contributed by atoms with Gasteiger partial charge in [0.25, 0.3) is 0 Å². The van der Waals surface area contributed by atoms with Crippen LogP contribution in [0, 0.1) is 0 Å². The van der Waals surface area contributed by atoms with Crippen LogP contribution in [0.4, 0.5) is 52.7 Å². The highest BCUT2D eigenvalue weighted by molar-refractivity contribution is 9.10. The van der Waals surface area contributed by atoms with Gasteiger partial charge in [-0.25, -0.2) is 0 Å². The maximum atomic E-state index is 12.8. The number of hydrogen-bond acceptors (Lipinski definition) is 6. The minimum atomic E-state index is -5.03. The highest BCUT2D eigenvalue weighted by atomic mass is 79.9. The van der Waals surface area contributed by atoms with Crippen molar-refractivity contribution >= 4 is 37.8 Å². The van der Waals surface area contributed by atoms with Crippen molar-refractivity contribution in [3.05, 3.63) is 188 Å². The molecule has 0 aliphatic rings. The Hall–Kier alpha value is -5.93. The Labute approximate surface area is 383 Å². The molecule has 0 amide bonds. The van der Waals surface area contributed by atoms with Gasteiger partial charge in [-0.2, -0.15) is 0 Å². The zero-order chi connectivity index (χ0) is 48.7. The Kier molecular flexibility index (Phi) is 15.7. The lowest BCUT2D eigenvalue weighted by atomic mass is 9.70. The summed E-state index contributed by atoms with van der Waals surface area (Å²) < 4.78 is 170. The van der Waals surface area contributed by atoms with E-state index in [1.54, 1.807) is 48.5 Å². The van der Waals surface area contributed by atoms with Crippen LogP contribution in [0.5, 0.6) is 23.0 Å². The van der Waals surface area contributed by atoms with E-state index < -0.39 is 65.4 Å². The Morgan fingerprint density at radius 3 is 1.00 bits per heavy atom. The minimum absolute atomic E-state index is 0.0746. The van der Waals surface area contributed by atoms with Gasteiger partial charge in [-0.3, -0.25) is 4.79 Å². The normalized spacial score (nSPS) is 12.4. The van der Waals surface area contributed by atoms with Gasteiger partial charge in [-0.15, -0.1) is 52.7 Å². The van der Waals surface area contributed by atoms with E-state index in [0.29, 0.717) is 15.6 Å². The molecule has 3 N–H and O–H groups in total. The summed E-state index contributed by atoms with van der Waals surface area (Å²) in [5, 5.41) is 10.4. The predicted molar refractivity (Wildman–Crippen MR) is 222 cm³/mol. The van der Waals surface area contributed by atoms with Crippen molar-refractivity contribution in [2.45, 2.75) is 49.2 Å². The van der Waals surface area contributed by atoms with Gasteiger partial charge < -0.3 is 29.8 Å². The van der Waals surface area contributed by atoms with E-state index in [4.69, 9.17) is 5.73 Å². The van der Waals surface area contributed by atoms with Crippen LogP contribution in [0.2, 0.25) is 0 Å². The van der Waals surface area contributed by atoms with E-state index in [1.165, 1.54) is 48.5 Å². The highest BCUT2D eigenvalue weighted by Gasteiger charge is 2.44. The van der Waals surface area contributed by atoms with Gasteiger partial charge in [0, 0.05) is 8.95 Å². The minimum Gasteiger partial charge on any atom is -0.480 e. The summed E-state index contributed by atoms with van der Waals surface area (Å²) in [6, 6.07) is 32.2. The standard InChI is InChI=1S/C23H15BrF6O4.C22H16BrF6NO2/c24-17-9-7-14(8-10-17)13-21(20(31)32,15-3-1-5-18(11-15)33-22(25,26)27)16-4-2-6-19(12-16)34-23(28,29)30;23-17-9-7-14(8-10-17)13-20(30,15-3-1-5-18(11-15)31-21(24,25)26)16-4-2-6-19(12-16)32-22(27,28)29/h1-12H,13H2,(H,31,32);1-12H,13,30H2. The summed E-state index contributed by atoms with van der Waals surface area (Å²) in [7, 11) is 0. The monoisotopic (exact) mass is 1070 g/mol. The summed E-state index contributed by atoms with van der Waals surface area (Å²) in [5.41, 5.74) is 4.46. The lowest BCUT2D eigenvalue weighted by molar-refractivity contribution is -0.275. The second-order valence-electron chi connectivity index (χ2n) is 14.1. The van der Waals surface area contributed by atoms with E-state index >= 15 is 0 Å². The molecule has 0 aliphatic heterocycles. The second-order valence-corrected chi connectivity index (χ2v) is 15.9. The zero-order valence-electron chi connectivity index (χ0n) is 33.1. The van der Waals surface area contributed by atoms with Crippen LogP contribution in [0.3, 0.4) is 0 Å². The first-order valence-electron chi connectivity index (χ1n) is 18.6. The molecule has 0 saturated heterocycles. The van der Waals surface area contributed by atoms with E-state index in [1.807, 2.05) is 0 Å². The molecule has 66 heavy (non-hydrogen) atoms. The lowest BCUT2D eigenvalue weighted by Crippen LogP contribution is -2.40. The molecule has 0 heterocycles. The van der Waals surface area contributed by atoms with Crippen LogP contribution in [0.15, 0.2) is 155 Å².